The summed E-state index contributed by atoms with van der Waals surface area (Å²) in [6.07, 6.45) is 1.01. The first-order valence-corrected chi connectivity index (χ1v) is 7.22. The molecule has 100 valence electrons. The van der Waals surface area contributed by atoms with Crippen molar-refractivity contribution in [3.63, 3.8) is 0 Å². The summed E-state index contributed by atoms with van der Waals surface area (Å²) in [5.74, 6) is 0. The van der Waals surface area contributed by atoms with Gasteiger partial charge < -0.3 is 10.1 Å². The maximum Gasteiger partial charge on any atom is 0.0834 e. The molecule has 2 rings (SSSR count). The van der Waals surface area contributed by atoms with E-state index in [1.807, 2.05) is 0 Å². The number of aryl methyl sites for hydroxylation is 1. The van der Waals surface area contributed by atoms with Crippen LogP contribution in [0.25, 0.3) is 0 Å². The molecule has 1 aliphatic rings. The average Bonchev–Trinajstić information content (AvgIpc) is 2.42. The molecule has 3 heteroatoms. The zero-order chi connectivity index (χ0) is 13.6. The molecular weight excluding hydrogens is 290 g/mol. The lowest BCUT2D eigenvalue weighted by atomic mass is 9.94. The highest BCUT2D eigenvalue weighted by Gasteiger charge is 2.45. The summed E-state index contributed by atoms with van der Waals surface area (Å²) in [4.78, 5) is 0. The van der Waals surface area contributed by atoms with Gasteiger partial charge in [-0.2, -0.15) is 0 Å². The van der Waals surface area contributed by atoms with Gasteiger partial charge in [0.25, 0.3) is 0 Å². The van der Waals surface area contributed by atoms with Gasteiger partial charge in [-0.1, -0.05) is 12.1 Å². The molecule has 0 radical (unpaired) electrons. The molecule has 0 bridgehead atoms. The Labute approximate surface area is 118 Å². The van der Waals surface area contributed by atoms with Crippen molar-refractivity contribution in [3.05, 3.63) is 28.2 Å². The highest BCUT2D eigenvalue weighted by atomic mass is 79.9. The van der Waals surface area contributed by atoms with Gasteiger partial charge in [0.05, 0.1) is 17.2 Å². The molecule has 1 N–H and O–H groups in total. The summed E-state index contributed by atoms with van der Waals surface area (Å²) in [5, 5.41) is 3.62. The fourth-order valence-corrected chi connectivity index (χ4v) is 3.11. The number of benzene rings is 1. The van der Waals surface area contributed by atoms with E-state index in [0.717, 1.165) is 16.6 Å². The molecular formula is C15H22BrNO. The summed E-state index contributed by atoms with van der Waals surface area (Å²) in [6.45, 7) is 10.7. The van der Waals surface area contributed by atoms with Crippen LogP contribution in [0, 0.1) is 6.92 Å². The normalized spacial score (nSPS) is 25.1. The van der Waals surface area contributed by atoms with Gasteiger partial charge in [-0.15, -0.1) is 0 Å². The molecule has 1 aliphatic heterocycles. The largest absolute Gasteiger partial charge is 0.378 e. The maximum atomic E-state index is 6.11. The molecule has 1 fully saturated rings. The monoisotopic (exact) mass is 311 g/mol. The van der Waals surface area contributed by atoms with Gasteiger partial charge in [0.1, 0.15) is 0 Å². The number of hydrogen-bond donors (Lipinski definition) is 1. The van der Waals surface area contributed by atoms with Crippen LogP contribution in [-0.2, 0) is 4.74 Å². The first-order chi connectivity index (χ1) is 8.21. The summed E-state index contributed by atoms with van der Waals surface area (Å²) >= 11 is 3.65. The van der Waals surface area contributed by atoms with Crippen molar-refractivity contribution in [1.82, 2.24) is 0 Å². The molecule has 1 saturated heterocycles. The average molecular weight is 312 g/mol. The van der Waals surface area contributed by atoms with Crippen molar-refractivity contribution >= 4 is 21.6 Å². The van der Waals surface area contributed by atoms with Crippen LogP contribution in [0.1, 0.15) is 39.7 Å². The summed E-state index contributed by atoms with van der Waals surface area (Å²) < 4.78 is 7.26. The first kappa shape index (κ1) is 13.9. The Morgan fingerprint density at radius 2 is 1.94 bits per heavy atom. The van der Waals surface area contributed by atoms with E-state index >= 15 is 0 Å². The minimum Gasteiger partial charge on any atom is -0.378 e. The summed E-state index contributed by atoms with van der Waals surface area (Å²) in [5.41, 5.74) is 2.19. The Balaban J connectivity index is 2.22. The van der Waals surface area contributed by atoms with Crippen molar-refractivity contribution in [1.29, 1.82) is 0 Å². The second-order valence-electron chi connectivity index (χ2n) is 6.30. The standard InChI is InChI=1S/C15H22BrNO/c1-10-7-6-8-11(13(10)16)17-12-9-14(2,3)18-15(12,4)5/h6-8,12,17H,9H2,1-5H3. The molecule has 0 amide bonds. The van der Waals surface area contributed by atoms with Crippen molar-refractivity contribution < 1.29 is 4.74 Å². The van der Waals surface area contributed by atoms with Gasteiger partial charge in [0.2, 0.25) is 0 Å². The third kappa shape index (κ3) is 2.72. The van der Waals surface area contributed by atoms with Crippen LogP contribution in [0.2, 0.25) is 0 Å². The SMILES string of the molecule is Cc1cccc(NC2CC(C)(C)OC2(C)C)c1Br. The van der Waals surface area contributed by atoms with Gasteiger partial charge in [-0.05, 0) is 68.6 Å². The Morgan fingerprint density at radius 3 is 2.50 bits per heavy atom. The van der Waals surface area contributed by atoms with E-state index in [1.165, 1.54) is 5.56 Å². The lowest BCUT2D eigenvalue weighted by Gasteiger charge is -2.28. The van der Waals surface area contributed by atoms with Crippen molar-refractivity contribution in [2.45, 2.75) is 58.3 Å². The first-order valence-electron chi connectivity index (χ1n) is 6.43. The number of rotatable bonds is 2. The number of hydrogen-bond acceptors (Lipinski definition) is 2. The van der Waals surface area contributed by atoms with Gasteiger partial charge in [-0.25, -0.2) is 0 Å². The van der Waals surface area contributed by atoms with Crippen LogP contribution in [0.5, 0.6) is 0 Å². The zero-order valence-electron chi connectivity index (χ0n) is 11.8. The Bertz CT molecular complexity index is 454. The van der Waals surface area contributed by atoms with E-state index in [0.29, 0.717) is 6.04 Å². The summed E-state index contributed by atoms with van der Waals surface area (Å²) in [6, 6.07) is 6.62. The van der Waals surface area contributed by atoms with E-state index in [-0.39, 0.29) is 11.2 Å². The number of nitrogens with one attached hydrogen (secondary N) is 1. The minimum absolute atomic E-state index is 0.0581. The molecule has 2 nitrogen and oxygen atoms in total. The maximum absolute atomic E-state index is 6.11. The van der Waals surface area contributed by atoms with Crippen LogP contribution in [0.4, 0.5) is 5.69 Å². The van der Waals surface area contributed by atoms with E-state index in [2.05, 4.69) is 74.1 Å². The Morgan fingerprint density at radius 1 is 1.28 bits per heavy atom. The fourth-order valence-electron chi connectivity index (χ4n) is 2.73. The molecule has 1 aromatic carbocycles. The lowest BCUT2D eigenvalue weighted by molar-refractivity contribution is -0.0662. The quantitative estimate of drug-likeness (QED) is 0.867. The van der Waals surface area contributed by atoms with Crippen LogP contribution >= 0.6 is 15.9 Å². The number of anilines is 1. The predicted octanol–water partition coefficient (Wildman–Crippen LogP) is 4.52. The van der Waals surface area contributed by atoms with E-state index in [9.17, 15) is 0 Å². The molecule has 0 aromatic heterocycles. The zero-order valence-corrected chi connectivity index (χ0v) is 13.4. The number of halogens is 1. The van der Waals surface area contributed by atoms with Crippen LogP contribution in [-0.4, -0.2) is 17.2 Å². The molecule has 18 heavy (non-hydrogen) atoms. The second kappa shape index (κ2) is 4.53. The third-order valence-electron chi connectivity index (χ3n) is 3.60. The smallest absolute Gasteiger partial charge is 0.0834 e. The summed E-state index contributed by atoms with van der Waals surface area (Å²) in [7, 11) is 0. The molecule has 0 saturated carbocycles. The van der Waals surface area contributed by atoms with E-state index < -0.39 is 0 Å². The highest BCUT2D eigenvalue weighted by Crippen LogP contribution is 2.40. The topological polar surface area (TPSA) is 21.3 Å². The van der Waals surface area contributed by atoms with Crippen molar-refractivity contribution in [3.8, 4) is 0 Å². The Hall–Kier alpha value is -0.540. The van der Waals surface area contributed by atoms with Crippen LogP contribution in [0.3, 0.4) is 0 Å². The minimum atomic E-state index is -0.146. The van der Waals surface area contributed by atoms with E-state index in [1.54, 1.807) is 0 Å². The third-order valence-corrected chi connectivity index (χ3v) is 4.65. The molecule has 1 heterocycles. The lowest BCUT2D eigenvalue weighted by Crippen LogP contribution is -2.38. The van der Waals surface area contributed by atoms with Crippen LogP contribution in [0.15, 0.2) is 22.7 Å². The molecule has 1 aromatic rings. The number of ether oxygens (including phenoxy) is 1. The van der Waals surface area contributed by atoms with Gasteiger partial charge in [-0.3, -0.25) is 0 Å². The molecule has 1 atom stereocenters. The van der Waals surface area contributed by atoms with Crippen LogP contribution < -0.4 is 5.32 Å². The van der Waals surface area contributed by atoms with Gasteiger partial charge in [0, 0.05) is 10.2 Å². The van der Waals surface area contributed by atoms with E-state index in [4.69, 9.17) is 4.74 Å². The van der Waals surface area contributed by atoms with Gasteiger partial charge in [0.15, 0.2) is 0 Å². The fraction of sp³-hybridized carbons (Fsp3) is 0.600. The Kier molecular flexibility index (Phi) is 3.50. The van der Waals surface area contributed by atoms with Crippen molar-refractivity contribution in [2.24, 2.45) is 0 Å². The molecule has 0 aliphatic carbocycles. The molecule has 1 unspecified atom stereocenters. The van der Waals surface area contributed by atoms with Crippen molar-refractivity contribution in [2.75, 3.05) is 5.32 Å². The highest BCUT2D eigenvalue weighted by molar-refractivity contribution is 9.10. The predicted molar refractivity (Wildman–Crippen MR) is 80.1 cm³/mol. The molecule has 0 spiro atoms. The van der Waals surface area contributed by atoms with Gasteiger partial charge >= 0.3 is 0 Å². The second-order valence-corrected chi connectivity index (χ2v) is 7.10.